The van der Waals surface area contributed by atoms with Gasteiger partial charge in [-0.3, -0.25) is 14.9 Å². The molecule has 7 heteroatoms. The zero-order chi connectivity index (χ0) is 14.8. The Kier molecular flexibility index (Phi) is 6.94. The molecule has 0 unspecified atom stereocenters. The van der Waals surface area contributed by atoms with Gasteiger partial charge in [0.1, 0.15) is 0 Å². The number of carbonyl (C=O) groups excluding carboxylic acids is 1. The van der Waals surface area contributed by atoms with Crippen molar-refractivity contribution in [3.63, 3.8) is 0 Å². The van der Waals surface area contributed by atoms with Crippen LogP contribution in [0.1, 0.15) is 5.56 Å². The third-order valence-electron chi connectivity index (χ3n) is 2.34. The molecule has 1 rings (SSSR count). The minimum atomic E-state index is -0.471. The second kappa shape index (κ2) is 8.78. The summed E-state index contributed by atoms with van der Waals surface area (Å²) in [6.07, 6.45) is 2.95. The second-order valence-corrected chi connectivity index (χ2v) is 3.87. The largest absolute Gasteiger partial charge is 0.378 e. The van der Waals surface area contributed by atoms with Crippen molar-refractivity contribution < 1.29 is 14.5 Å². The fourth-order valence-electron chi connectivity index (χ4n) is 1.37. The molecule has 1 aromatic rings. The number of nitrogens with zero attached hydrogens (tertiary/aromatic N) is 1. The lowest BCUT2D eigenvalue weighted by atomic mass is 10.2. The number of hydrogen-bond acceptors (Lipinski definition) is 5. The molecule has 3 N–H and O–H groups in total. The fraction of sp³-hybridized carbons (Fsp3) is 0.308. The van der Waals surface area contributed by atoms with Crippen LogP contribution in [0, 0.1) is 10.1 Å². The summed E-state index contributed by atoms with van der Waals surface area (Å²) in [5.74, 6) is -0.250. The van der Waals surface area contributed by atoms with Gasteiger partial charge in [-0.05, 0) is 23.8 Å². The molecule has 0 heterocycles. The molecule has 0 aliphatic carbocycles. The summed E-state index contributed by atoms with van der Waals surface area (Å²) >= 11 is 0. The zero-order valence-electron chi connectivity index (χ0n) is 11.0. The molecule has 0 saturated carbocycles. The third kappa shape index (κ3) is 6.07. The van der Waals surface area contributed by atoms with Crippen molar-refractivity contribution in [2.45, 2.75) is 0 Å². The Labute approximate surface area is 116 Å². The Hall–Kier alpha value is -2.25. The van der Waals surface area contributed by atoms with Crippen molar-refractivity contribution in [3.8, 4) is 0 Å². The van der Waals surface area contributed by atoms with Crippen LogP contribution >= 0.6 is 0 Å². The molecule has 0 bridgehead atoms. The SMILES string of the molecule is NCCOCCNC(=O)/C=C/c1ccc([N+](=O)[O-])cc1. The summed E-state index contributed by atoms with van der Waals surface area (Å²) < 4.78 is 5.10. The Bertz CT molecular complexity index is 471. The van der Waals surface area contributed by atoms with E-state index in [1.54, 1.807) is 18.2 Å². The lowest BCUT2D eigenvalue weighted by Gasteiger charge is -2.02. The predicted octanol–water partition coefficient (Wildman–Crippen LogP) is 0.700. The standard InChI is InChI=1S/C13H17N3O4/c14-7-9-20-10-8-15-13(17)6-3-11-1-4-12(5-2-11)16(18)19/h1-6H,7-10,14H2,(H,15,17)/b6-3+. The van der Waals surface area contributed by atoms with Gasteiger partial charge in [-0.2, -0.15) is 0 Å². The van der Waals surface area contributed by atoms with Crippen LogP contribution < -0.4 is 11.1 Å². The number of nitrogens with two attached hydrogens (primary N) is 1. The number of nitro benzene ring substituents is 1. The van der Waals surface area contributed by atoms with Crippen LogP contribution in [-0.2, 0) is 9.53 Å². The molecule has 1 amide bonds. The van der Waals surface area contributed by atoms with Crippen molar-refractivity contribution in [3.05, 3.63) is 46.0 Å². The number of carbonyl (C=O) groups is 1. The minimum absolute atomic E-state index is 0.0173. The number of non-ortho nitro benzene ring substituents is 1. The molecule has 108 valence electrons. The molecule has 20 heavy (non-hydrogen) atoms. The summed E-state index contributed by atoms with van der Waals surface area (Å²) in [7, 11) is 0. The van der Waals surface area contributed by atoms with Crippen molar-refractivity contribution in [2.24, 2.45) is 5.73 Å². The van der Waals surface area contributed by atoms with Crippen molar-refractivity contribution in [1.82, 2.24) is 5.32 Å². The molecule has 0 radical (unpaired) electrons. The highest BCUT2D eigenvalue weighted by Gasteiger charge is 2.02. The van der Waals surface area contributed by atoms with E-state index in [0.717, 1.165) is 0 Å². The highest BCUT2D eigenvalue weighted by molar-refractivity contribution is 5.91. The van der Waals surface area contributed by atoms with Gasteiger partial charge in [0.15, 0.2) is 0 Å². The highest BCUT2D eigenvalue weighted by atomic mass is 16.6. The summed E-state index contributed by atoms with van der Waals surface area (Å²) in [4.78, 5) is 21.4. The minimum Gasteiger partial charge on any atom is -0.378 e. The molecule has 0 atom stereocenters. The van der Waals surface area contributed by atoms with E-state index in [-0.39, 0.29) is 11.6 Å². The molecule has 0 aromatic heterocycles. The van der Waals surface area contributed by atoms with Crippen LogP contribution in [0.5, 0.6) is 0 Å². The lowest BCUT2D eigenvalue weighted by molar-refractivity contribution is -0.384. The first kappa shape index (κ1) is 15.8. The van der Waals surface area contributed by atoms with Crippen LogP contribution in [0.2, 0.25) is 0 Å². The Morgan fingerprint density at radius 3 is 2.65 bits per heavy atom. The van der Waals surface area contributed by atoms with E-state index in [4.69, 9.17) is 10.5 Å². The second-order valence-electron chi connectivity index (χ2n) is 3.87. The summed E-state index contributed by atoms with van der Waals surface area (Å²) in [6, 6.07) is 5.93. The maximum atomic E-state index is 11.4. The number of amides is 1. The monoisotopic (exact) mass is 279 g/mol. The van der Waals surface area contributed by atoms with E-state index in [0.29, 0.717) is 31.9 Å². The Balaban J connectivity index is 2.35. The molecule has 0 aliphatic rings. The van der Waals surface area contributed by atoms with Crippen LogP contribution in [0.25, 0.3) is 6.08 Å². The van der Waals surface area contributed by atoms with Gasteiger partial charge in [0, 0.05) is 31.3 Å². The van der Waals surface area contributed by atoms with Crippen LogP contribution in [0.4, 0.5) is 5.69 Å². The quantitative estimate of drug-likeness (QED) is 0.315. The number of rotatable bonds is 8. The van der Waals surface area contributed by atoms with Gasteiger partial charge in [-0.25, -0.2) is 0 Å². The van der Waals surface area contributed by atoms with Crippen molar-refractivity contribution >= 4 is 17.7 Å². The fourth-order valence-corrected chi connectivity index (χ4v) is 1.37. The first-order valence-corrected chi connectivity index (χ1v) is 6.11. The van der Waals surface area contributed by atoms with E-state index < -0.39 is 4.92 Å². The smallest absolute Gasteiger partial charge is 0.269 e. The molecule has 0 saturated heterocycles. The predicted molar refractivity (Wildman–Crippen MR) is 75.0 cm³/mol. The van der Waals surface area contributed by atoms with Crippen LogP contribution in [0.3, 0.4) is 0 Å². The summed E-state index contributed by atoms with van der Waals surface area (Å²) in [6.45, 7) is 1.74. The first-order valence-electron chi connectivity index (χ1n) is 6.11. The van der Waals surface area contributed by atoms with Gasteiger partial charge in [-0.15, -0.1) is 0 Å². The summed E-state index contributed by atoms with van der Waals surface area (Å²) in [5, 5.41) is 13.1. The maximum absolute atomic E-state index is 11.4. The summed E-state index contributed by atoms with van der Waals surface area (Å²) in [5.41, 5.74) is 5.98. The Morgan fingerprint density at radius 1 is 1.35 bits per heavy atom. The highest BCUT2D eigenvalue weighted by Crippen LogP contribution is 2.12. The van der Waals surface area contributed by atoms with E-state index in [1.165, 1.54) is 18.2 Å². The molecule has 1 aromatic carbocycles. The van der Waals surface area contributed by atoms with E-state index in [2.05, 4.69) is 5.32 Å². The molecule has 7 nitrogen and oxygen atoms in total. The third-order valence-corrected chi connectivity index (χ3v) is 2.34. The van der Waals surface area contributed by atoms with Gasteiger partial charge in [0.05, 0.1) is 18.1 Å². The average Bonchev–Trinajstić information content (AvgIpc) is 2.45. The number of hydrogen-bond donors (Lipinski definition) is 2. The number of nitro groups is 1. The van der Waals surface area contributed by atoms with Crippen LogP contribution in [0.15, 0.2) is 30.3 Å². The van der Waals surface area contributed by atoms with Gasteiger partial charge < -0.3 is 15.8 Å². The Morgan fingerprint density at radius 2 is 2.05 bits per heavy atom. The van der Waals surface area contributed by atoms with E-state index in [1.807, 2.05) is 0 Å². The number of nitrogens with one attached hydrogen (secondary N) is 1. The number of benzene rings is 1. The van der Waals surface area contributed by atoms with E-state index in [9.17, 15) is 14.9 Å². The normalized spacial score (nSPS) is 10.7. The van der Waals surface area contributed by atoms with Gasteiger partial charge in [-0.1, -0.05) is 0 Å². The first-order chi connectivity index (χ1) is 9.63. The molecular formula is C13H17N3O4. The zero-order valence-corrected chi connectivity index (χ0v) is 11.0. The maximum Gasteiger partial charge on any atom is 0.269 e. The van der Waals surface area contributed by atoms with Gasteiger partial charge in [0.2, 0.25) is 5.91 Å². The average molecular weight is 279 g/mol. The molecule has 0 spiro atoms. The van der Waals surface area contributed by atoms with Crippen molar-refractivity contribution in [2.75, 3.05) is 26.3 Å². The molecule has 0 aliphatic heterocycles. The lowest BCUT2D eigenvalue weighted by Crippen LogP contribution is -2.26. The topological polar surface area (TPSA) is 107 Å². The van der Waals surface area contributed by atoms with Crippen LogP contribution in [-0.4, -0.2) is 37.1 Å². The van der Waals surface area contributed by atoms with Gasteiger partial charge >= 0.3 is 0 Å². The molecular weight excluding hydrogens is 262 g/mol. The van der Waals surface area contributed by atoms with Gasteiger partial charge in [0.25, 0.3) is 5.69 Å². The molecule has 0 fully saturated rings. The van der Waals surface area contributed by atoms with E-state index >= 15 is 0 Å². The van der Waals surface area contributed by atoms with Crippen molar-refractivity contribution in [1.29, 1.82) is 0 Å². The number of ether oxygens (including phenoxy) is 1.